The number of benzene rings is 3. The molecular formula is C27H25N2O3P. The van der Waals surface area contributed by atoms with Crippen LogP contribution in [0.1, 0.15) is 20.3 Å². The molecule has 2 N–H and O–H groups in total. The molecule has 33 heavy (non-hydrogen) atoms. The van der Waals surface area contributed by atoms with Gasteiger partial charge in [0.2, 0.25) is 0 Å². The topological polar surface area (TPSA) is 75.2 Å². The molecule has 5 aromatic rings. The van der Waals surface area contributed by atoms with E-state index >= 15 is 0 Å². The zero-order chi connectivity index (χ0) is 23.0. The summed E-state index contributed by atoms with van der Waals surface area (Å²) in [5.74, 6) is 0. The molecule has 0 amide bonds. The van der Waals surface area contributed by atoms with Crippen LogP contribution in [0.25, 0.3) is 44.1 Å². The maximum absolute atomic E-state index is 13.0. The minimum absolute atomic E-state index is 0.0596. The molecule has 0 spiro atoms. The monoisotopic (exact) mass is 456 g/mol. The average Bonchev–Trinajstić information content (AvgIpc) is 3.37. The summed E-state index contributed by atoms with van der Waals surface area (Å²) >= 11 is 0. The number of nitrogens with zero attached hydrogens (tertiary/aromatic N) is 1. The molecule has 166 valence electrons. The van der Waals surface area contributed by atoms with Crippen molar-refractivity contribution in [2.45, 2.75) is 26.4 Å². The molecule has 5 nitrogen and oxygen atoms in total. The zero-order valence-electron chi connectivity index (χ0n) is 18.5. The van der Waals surface area contributed by atoms with Crippen molar-refractivity contribution in [3.63, 3.8) is 0 Å². The van der Waals surface area contributed by atoms with Gasteiger partial charge in [0.1, 0.15) is 0 Å². The van der Waals surface area contributed by atoms with Gasteiger partial charge in [-0.3, -0.25) is 4.57 Å². The van der Waals surface area contributed by atoms with Crippen LogP contribution in [0.15, 0.2) is 85.1 Å². The third-order valence-corrected chi connectivity index (χ3v) is 7.43. The molecule has 0 saturated heterocycles. The maximum Gasteiger partial charge on any atom is 0.377 e. The first-order valence-electron chi connectivity index (χ1n) is 11.0. The van der Waals surface area contributed by atoms with Gasteiger partial charge in [-0.25, -0.2) is 4.98 Å². The van der Waals surface area contributed by atoms with Crippen LogP contribution in [-0.4, -0.2) is 21.0 Å². The van der Waals surface area contributed by atoms with Crippen LogP contribution in [0.4, 0.5) is 0 Å². The Labute approximate surface area is 192 Å². The van der Waals surface area contributed by atoms with E-state index in [4.69, 9.17) is 9.51 Å². The minimum atomic E-state index is -4.06. The van der Waals surface area contributed by atoms with Gasteiger partial charge >= 0.3 is 7.60 Å². The Kier molecular flexibility index (Phi) is 5.63. The molecule has 0 aliphatic heterocycles. The van der Waals surface area contributed by atoms with Crippen molar-refractivity contribution in [3.05, 3.63) is 85.1 Å². The number of hydrogen-bond donors (Lipinski definition) is 2. The molecular weight excluding hydrogens is 431 g/mol. The molecule has 0 fully saturated rings. The van der Waals surface area contributed by atoms with Gasteiger partial charge in [0.15, 0.2) is 5.44 Å². The first kappa shape index (κ1) is 21.6. The SMILES string of the molecule is CCC(C)OP(=O)(O)c1ccc2cc(-c3ccc[nH]3)cc(-c3cccc4ccccc34)c2n1. The summed E-state index contributed by atoms with van der Waals surface area (Å²) in [4.78, 5) is 18.6. The third kappa shape index (κ3) is 4.11. The highest BCUT2D eigenvalue weighted by Crippen LogP contribution is 2.43. The van der Waals surface area contributed by atoms with E-state index in [0.29, 0.717) is 11.9 Å². The zero-order valence-corrected chi connectivity index (χ0v) is 19.4. The lowest BCUT2D eigenvalue weighted by Crippen LogP contribution is -2.16. The van der Waals surface area contributed by atoms with Gasteiger partial charge in [-0.1, -0.05) is 55.5 Å². The first-order chi connectivity index (χ1) is 16.0. The minimum Gasteiger partial charge on any atom is -0.361 e. The van der Waals surface area contributed by atoms with E-state index in [1.807, 2.05) is 55.6 Å². The second kappa shape index (κ2) is 8.60. The van der Waals surface area contributed by atoms with Gasteiger partial charge in [0, 0.05) is 22.8 Å². The number of nitrogens with one attached hydrogen (secondary N) is 1. The molecule has 0 aliphatic carbocycles. The number of rotatable bonds is 6. The third-order valence-electron chi connectivity index (χ3n) is 5.95. The highest BCUT2D eigenvalue weighted by Gasteiger charge is 2.27. The predicted octanol–water partition coefficient (Wildman–Crippen LogP) is 6.68. The predicted molar refractivity (Wildman–Crippen MR) is 135 cm³/mol. The average molecular weight is 456 g/mol. The Bertz CT molecular complexity index is 1490. The van der Waals surface area contributed by atoms with Crippen LogP contribution in [0, 0.1) is 0 Å². The Balaban J connectivity index is 1.78. The molecule has 6 heteroatoms. The number of aromatic amines is 1. The summed E-state index contributed by atoms with van der Waals surface area (Å²) in [5.41, 5.74) is 4.67. The largest absolute Gasteiger partial charge is 0.377 e. The van der Waals surface area contributed by atoms with E-state index in [1.54, 1.807) is 13.0 Å². The van der Waals surface area contributed by atoms with E-state index in [2.05, 4.69) is 35.3 Å². The molecule has 2 atom stereocenters. The van der Waals surface area contributed by atoms with E-state index in [1.165, 1.54) is 0 Å². The fourth-order valence-corrected chi connectivity index (χ4v) is 5.32. The second-order valence-corrected chi connectivity index (χ2v) is 9.93. The first-order valence-corrected chi connectivity index (χ1v) is 12.6. The van der Waals surface area contributed by atoms with Crippen LogP contribution in [0.2, 0.25) is 0 Å². The second-order valence-electron chi connectivity index (χ2n) is 8.22. The highest BCUT2D eigenvalue weighted by atomic mass is 31.2. The summed E-state index contributed by atoms with van der Waals surface area (Å²) in [6.45, 7) is 3.70. The van der Waals surface area contributed by atoms with E-state index < -0.39 is 7.60 Å². The Hall–Kier alpha value is -3.24. The van der Waals surface area contributed by atoms with Crippen molar-refractivity contribution < 1.29 is 14.0 Å². The van der Waals surface area contributed by atoms with Crippen LogP contribution < -0.4 is 5.44 Å². The van der Waals surface area contributed by atoms with Crippen molar-refractivity contribution in [1.82, 2.24) is 9.97 Å². The van der Waals surface area contributed by atoms with Crippen molar-refractivity contribution in [2.75, 3.05) is 0 Å². The maximum atomic E-state index is 13.0. The van der Waals surface area contributed by atoms with E-state index in [9.17, 15) is 9.46 Å². The van der Waals surface area contributed by atoms with Crippen LogP contribution >= 0.6 is 7.60 Å². The lowest BCUT2D eigenvalue weighted by molar-refractivity contribution is 0.192. The number of hydrogen-bond acceptors (Lipinski definition) is 3. The fourth-order valence-electron chi connectivity index (χ4n) is 4.09. The van der Waals surface area contributed by atoms with E-state index in [0.717, 1.165) is 38.5 Å². The summed E-state index contributed by atoms with van der Waals surface area (Å²) < 4.78 is 18.5. The molecule has 5 rings (SSSR count). The molecule has 0 aliphatic rings. The Morgan fingerprint density at radius 2 is 1.79 bits per heavy atom. The summed E-state index contributed by atoms with van der Waals surface area (Å²) in [6, 6.07) is 25.9. The summed E-state index contributed by atoms with van der Waals surface area (Å²) in [6.07, 6.45) is 2.19. The van der Waals surface area contributed by atoms with Crippen LogP contribution in [-0.2, 0) is 9.09 Å². The Morgan fingerprint density at radius 3 is 2.58 bits per heavy atom. The van der Waals surface area contributed by atoms with Crippen molar-refractivity contribution in [3.8, 4) is 22.4 Å². The summed E-state index contributed by atoms with van der Waals surface area (Å²) in [7, 11) is -4.06. The molecule has 2 unspecified atom stereocenters. The van der Waals surface area contributed by atoms with Gasteiger partial charge in [0.05, 0.1) is 11.6 Å². The number of pyridine rings is 1. The lowest BCUT2D eigenvalue weighted by atomic mass is 9.94. The fraction of sp³-hybridized carbons (Fsp3) is 0.148. The van der Waals surface area contributed by atoms with Crippen molar-refractivity contribution in [2.24, 2.45) is 0 Å². The number of aromatic nitrogens is 2. The molecule has 0 saturated carbocycles. The van der Waals surface area contributed by atoms with Crippen molar-refractivity contribution in [1.29, 1.82) is 0 Å². The van der Waals surface area contributed by atoms with Crippen LogP contribution in [0.5, 0.6) is 0 Å². The lowest BCUT2D eigenvalue weighted by Gasteiger charge is -2.18. The quantitative estimate of drug-likeness (QED) is 0.280. The van der Waals surface area contributed by atoms with Gasteiger partial charge in [-0.15, -0.1) is 0 Å². The van der Waals surface area contributed by atoms with Crippen molar-refractivity contribution >= 4 is 34.7 Å². The number of fused-ring (bicyclic) bond motifs is 2. The molecule has 3 aromatic carbocycles. The van der Waals surface area contributed by atoms with Gasteiger partial charge in [-0.2, -0.15) is 0 Å². The number of H-pyrrole nitrogens is 1. The molecule has 2 heterocycles. The van der Waals surface area contributed by atoms with Crippen LogP contribution in [0.3, 0.4) is 0 Å². The molecule has 0 radical (unpaired) electrons. The summed E-state index contributed by atoms with van der Waals surface area (Å²) in [5, 5.41) is 3.11. The highest BCUT2D eigenvalue weighted by molar-refractivity contribution is 7.61. The smallest absolute Gasteiger partial charge is 0.361 e. The standard InChI is InChI=1S/C27H25N2O3P/c1-3-18(2)32-33(30,31)26-14-13-20-16-21(25-12-7-15-28-25)17-24(27(20)29-26)23-11-6-9-19-8-4-5-10-22(19)23/h4-18,28H,3H2,1-2H3,(H,30,31). The normalized spacial score (nSPS) is 14.4. The Morgan fingerprint density at radius 1 is 0.970 bits per heavy atom. The van der Waals surface area contributed by atoms with Gasteiger partial charge < -0.3 is 14.4 Å². The van der Waals surface area contributed by atoms with Gasteiger partial charge in [-0.05, 0) is 65.6 Å². The molecule has 0 bridgehead atoms. The van der Waals surface area contributed by atoms with E-state index in [-0.39, 0.29) is 11.5 Å². The van der Waals surface area contributed by atoms with Gasteiger partial charge in [0.25, 0.3) is 0 Å². The molecule has 2 aromatic heterocycles.